The Balaban J connectivity index is 0.815. The Morgan fingerprint density at radius 3 is 2.41 bits per heavy atom. The Morgan fingerprint density at radius 2 is 1.66 bits per heavy atom. The van der Waals surface area contributed by atoms with Gasteiger partial charge in [0.2, 0.25) is 5.56 Å². The van der Waals surface area contributed by atoms with Crippen LogP contribution in [-0.2, 0) is 26.3 Å². The monoisotopic (exact) mass is 828 g/mol. The van der Waals surface area contributed by atoms with Crippen LogP contribution in [0.25, 0.3) is 10.9 Å². The fourth-order valence-corrected chi connectivity index (χ4v) is 9.35. The largest absolute Gasteiger partial charge is 0.506 e. The number of piperidine rings is 3. The number of amides is 1. The smallest absolute Gasteiger partial charge is 0.408 e. The summed E-state index contributed by atoms with van der Waals surface area (Å²) in [5.74, 6) is 0.878. The molecule has 1 saturated carbocycles. The van der Waals surface area contributed by atoms with E-state index in [0.717, 1.165) is 86.8 Å². The lowest BCUT2D eigenvalue weighted by Gasteiger charge is -2.43. The van der Waals surface area contributed by atoms with E-state index < -0.39 is 23.7 Å². The number of rotatable bonds is 17. The number of aliphatic hydroxyl groups excluding tert-OH is 1. The summed E-state index contributed by atoms with van der Waals surface area (Å²) < 4.78 is 18.2. The third-order valence-electron chi connectivity index (χ3n) is 12.8. The number of nitrogens with one attached hydrogen (secondary N) is 3. The van der Waals surface area contributed by atoms with Crippen LogP contribution in [0.15, 0.2) is 108 Å². The Hall–Kier alpha value is -5.69. The van der Waals surface area contributed by atoms with E-state index in [1.165, 1.54) is 12.1 Å². The van der Waals surface area contributed by atoms with Crippen molar-refractivity contribution in [2.75, 3.05) is 39.3 Å². The van der Waals surface area contributed by atoms with Crippen LogP contribution in [0.5, 0.6) is 11.5 Å². The van der Waals surface area contributed by atoms with Gasteiger partial charge in [-0.05, 0) is 116 Å². The molecule has 4 aromatic carbocycles. The molecule has 3 saturated heterocycles. The molecule has 4 aliphatic rings. The van der Waals surface area contributed by atoms with Gasteiger partial charge in [0.15, 0.2) is 0 Å². The highest BCUT2D eigenvalue weighted by atomic mass is 16.6. The Labute approximate surface area is 356 Å². The number of hydrogen-bond acceptors (Lipinski definition) is 10. The van der Waals surface area contributed by atoms with Gasteiger partial charge in [-0.25, -0.2) is 4.79 Å². The molecule has 61 heavy (non-hydrogen) atoms. The molecule has 5 aromatic rings. The van der Waals surface area contributed by atoms with Gasteiger partial charge in [0, 0.05) is 24.5 Å². The second kappa shape index (κ2) is 19.4. The van der Waals surface area contributed by atoms with Crippen molar-refractivity contribution < 1.29 is 34.0 Å². The van der Waals surface area contributed by atoms with Crippen molar-refractivity contribution >= 4 is 23.0 Å². The Bertz CT molecular complexity index is 2320. The Kier molecular flexibility index (Phi) is 13.3. The molecule has 12 nitrogen and oxygen atoms in total. The lowest BCUT2D eigenvalue weighted by molar-refractivity contribution is -0.150. The number of ether oxygens (including phenoxy) is 3. The SMILES string of the molecule is O=C(NC(c1ccccc1)c1cccc(OCc2ccc(C3(C(=O)OCCCCNCC(O)c4ccc(O)c5[nH]c(=O)ccc45)CCCC3)cc2)c1)OC1CN2CCC1CC2. The molecule has 1 amide bonds. The summed E-state index contributed by atoms with van der Waals surface area (Å²) >= 11 is 0. The van der Waals surface area contributed by atoms with Crippen molar-refractivity contribution in [2.45, 2.75) is 81.6 Å². The van der Waals surface area contributed by atoms with Gasteiger partial charge in [0.25, 0.3) is 0 Å². The van der Waals surface area contributed by atoms with E-state index in [0.29, 0.717) is 60.9 Å². The van der Waals surface area contributed by atoms with Crippen molar-refractivity contribution in [3.8, 4) is 11.5 Å². The standard InChI is InChI=1S/C49H56N4O8/c54-41-19-17-39(40-18-20-44(56)51-46(40)41)42(55)30-50-25-6-7-28-59-47(57)49(23-4-5-24-49)37-15-13-33(14-16-37)32-60-38-12-8-11-36(29-38)45(35-9-2-1-3-10-35)52-48(58)61-43-31-53-26-21-34(43)22-27-53/h1-3,8-20,29,34,42-43,45,50,54-55H,4-7,21-28,30-32H2,(H,51,56)(H,52,58). The molecule has 9 rings (SSSR count). The normalized spacial score (nSPS) is 20.2. The fraction of sp³-hybridized carbons (Fsp3) is 0.408. The number of benzene rings is 4. The second-order valence-electron chi connectivity index (χ2n) is 16.8. The molecular formula is C49H56N4O8. The maximum atomic E-state index is 13.7. The van der Waals surface area contributed by atoms with Gasteiger partial charge in [-0.3, -0.25) is 14.5 Å². The van der Waals surface area contributed by atoms with Gasteiger partial charge in [-0.1, -0.05) is 85.6 Å². The Morgan fingerprint density at radius 1 is 0.885 bits per heavy atom. The highest BCUT2D eigenvalue weighted by molar-refractivity contribution is 5.87. The molecule has 0 spiro atoms. The third-order valence-corrected chi connectivity index (χ3v) is 12.8. The number of carbonyl (C=O) groups excluding carboxylic acids is 2. The van der Waals surface area contributed by atoms with E-state index in [-0.39, 0.29) is 23.4 Å². The number of nitrogens with zero attached hydrogens (tertiary/aromatic N) is 1. The lowest BCUT2D eigenvalue weighted by Crippen LogP contribution is -2.52. The van der Waals surface area contributed by atoms with Gasteiger partial charge < -0.3 is 40.0 Å². The summed E-state index contributed by atoms with van der Waals surface area (Å²) in [5.41, 5.74) is 3.70. The van der Waals surface area contributed by atoms with E-state index >= 15 is 0 Å². The van der Waals surface area contributed by atoms with E-state index in [1.807, 2.05) is 78.9 Å². The number of alkyl carbamates (subject to hydrolysis) is 1. The molecule has 1 aromatic heterocycles. The number of phenolic OH excluding ortho intramolecular Hbond substituents is 1. The number of aromatic amines is 1. The van der Waals surface area contributed by atoms with Crippen LogP contribution >= 0.6 is 0 Å². The number of fused-ring (bicyclic) bond motifs is 4. The number of unbranched alkanes of at least 4 members (excludes halogenated alkanes) is 1. The van der Waals surface area contributed by atoms with Crippen LogP contribution in [-0.4, -0.2) is 77.6 Å². The van der Waals surface area contributed by atoms with Crippen LogP contribution in [0.1, 0.15) is 91.3 Å². The van der Waals surface area contributed by atoms with E-state index in [2.05, 4.69) is 20.5 Å². The second-order valence-corrected chi connectivity index (χ2v) is 16.8. The average molecular weight is 829 g/mol. The predicted molar refractivity (Wildman–Crippen MR) is 232 cm³/mol. The summed E-state index contributed by atoms with van der Waals surface area (Å²) in [4.78, 5) is 43.7. The van der Waals surface area contributed by atoms with E-state index in [1.54, 1.807) is 12.1 Å². The van der Waals surface area contributed by atoms with Crippen LogP contribution in [0, 0.1) is 5.92 Å². The number of aliphatic hydroxyl groups is 1. The van der Waals surface area contributed by atoms with Crippen LogP contribution in [0.3, 0.4) is 0 Å². The number of H-pyrrole nitrogens is 1. The molecule has 3 aliphatic heterocycles. The first-order valence-electron chi connectivity index (χ1n) is 21.7. The summed E-state index contributed by atoms with van der Waals surface area (Å²) in [6.07, 6.45) is 5.67. The summed E-state index contributed by atoms with van der Waals surface area (Å²) in [6, 6.07) is 31.5. The highest BCUT2D eigenvalue weighted by Crippen LogP contribution is 2.42. The van der Waals surface area contributed by atoms with Gasteiger partial charge in [-0.2, -0.15) is 0 Å². The predicted octanol–water partition coefficient (Wildman–Crippen LogP) is 7.18. The minimum Gasteiger partial charge on any atom is -0.506 e. The van der Waals surface area contributed by atoms with Gasteiger partial charge in [0.05, 0.1) is 29.7 Å². The number of aromatic hydroxyl groups is 1. The topological polar surface area (TPSA) is 162 Å². The third kappa shape index (κ3) is 9.93. The number of pyridine rings is 1. The fourth-order valence-electron chi connectivity index (χ4n) is 9.35. The molecule has 2 bridgehead atoms. The zero-order chi connectivity index (χ0) is 42.2. The number of esters is 1. The van der Waals surface area contributed by atoms with Crippen LogP contribution in [0.4, 0.5) is 4.79 Å². The molecule has 0 radical (unpaired) electrons. The zero-order valence-electron chi connectivity index (χ0n) is 34.5. The quantitative estimate of drug-likeness (QED) is 0.0480. The minimum absolute atomic E-state index is 0.0470. The minimum atomic E-state index is -0.836. The van der Waals surface area contributed by atoms with Crippen molar-refractivity contribution in [3.63, 3.8) is 0 Å². The van der Waals surface area contributed by atoms with E-state index in [9.17, 15) is 24.6 Å². The number of hydrogen-bond donors (Lipinski definition) is 5. The van der Waals surface area contributed by atoms with Crippen molar-refractivity contribution in [1.29, 1.82) is 0 Å². The molecule has 4 heterocycles. The van der Waals surface area contributed by atoms with Crippen molar-refractivity contribution in [2.24, 2.45) is 5.92 Å². The van der Waals surface area contributed by atoms with Crippen LogP contribution < -0.4 is 20.9 Å². The maximum absolute atomic E-state index is 13.7. The molecule has 320 valence electrons. The van der Waals surface area contributed by atoms with Gasteiger partial charge in [0.1, 0.15) is 24.2 Å². The molecule has 4 fully saturated rings. The summed E-state index contributed by atoms with van der Waals surface area (Å²) in [6.45, 7) is 4.53. The highest BCUT2D eigenvalue weighted by Gasteiger charge is 2.44. The average Bonchev–Trinajstić information content (AvgIpc) is 3.80. The first-order valence-corrected chi connectivity index (χ1v) is 21.7. The molecule has 5 N–H and O–H groups in total. The van der Waals surface area contributed by atoms with Gasteiger partial charge in [-0.15, -0.1) is 0 Å². The summed E-state index contributed by atoms with van der Waals surface area (Å²) in [7, 11) is 0. The first-order chi connectivity index (χ1) is 29.8. The van der Waals surface area contributed by atoms with E-state index in [4.69, 9.17) is 14.2 Å². The van der Waals surface area contributed by atoms with Gasteiger partial charge >= 0.3 is 12.1 Å². The van der Waals surface area contributed by atoms with Crippen molar-refractivity contribution in [3.05, 3.63) is 141 Å². The molecular weight excluding hydrogens is 773 g/mol. The van der Waals surface area contributed by atoms with Crippen molar-refractivity contribution in [1.82, 2.24) is 20.5 Å². The number of carbonyl (C=O) groups is 2. The molecule has 12 heteroatoms. The zero-order valence-corrected chi connectivity index (χ0v) is 34.5. The first kappa shape index (κ1) is 42.0. The summed E-state index contributed by atoms with van der Waals surface area (Å²) in [5, 5.41) is 28.0. The molecule has 1 aliphatic carbocycles. The maximum Gasteiger partial charge on any atom is 0.408 e. The number of aromatic nitrogens is 1. The van der Waals surface area contributed by atoms with Crippen LogP contribution in [0.2, 0.25) is 0 Å². The number of phenols is 1. The molecule has 3 atom stereocenters. The molecule has 3 unspecified atom stereocenters. The lowest BCUT2D eigenvalue weighted by atomic mass is 9.78.